The normalized spacial score (nSPS) is 15.0. The Hall–Kier alpha value is -1.72. The molecule has 0 aromatic heterocycles. The molecule has 2 rings (SSSR count). The summed E-state index contributed by atoms with van der Waals surface area (Å²) >= 11 is 12.1. The zero-order valence-electron chi connectivity index (χ0n) is 12.0. The van der Waals surface area contributed by atoms with Crippen molar-refractivity contribution in [1.82, 2.24) is 4.90 Å². The summed E-state index contributed by atoms with van der Waals surface area (Å²) in [5.41, 5.74) is 1.33. The van der Waals surface area contributed by atoms with E-state index in [2.05, 4.69) is 0 Å². The number of carbonyl (C=O) groups excluding carboxylic acids is 2. The van der Waals surface area contributed by atoms with Crippen molar-refractivity contribution in [3.05, 3.63) is 33.4 Å². The van der Waals surface area contributed by atoms with E-state index in [1.54, 1.807) is 20.9 Å². The second-order valence-electron chi connectivity index (χ2n) is 4.77. The molecule has 0 saturated carbocycles. The fourth-order valence-electron chi connectivity index (χ4n) is 2.19. The largest absolute Gasteiger partial charge is 0.495 e. The third-order valence-corrected chi connectivity index (χ3v) is 3.75. The molecule has 0 unspecified atom stereocenters. The van der Waals surface area contributed by atoms with Gasteiger partial charge in [0.15, 0.2) is 0 Å². The van der Waals surface area contributed by atoms with Crippen molar-refractivity contribution < 1.29 is 14.3 Å². The van der Waals surface area contributed by atoms with E-state index < -0.39 is 11.9 Å². The molecule has 1 heterocycles. The number of benzene rings is 1. The molecule has 21 heavy (non-hydrogen) atoms. The average molecular weight is 329 g/mol. The van der Waals surface area contributed by atoms with Gasteiger partial charge in [0, 0.05) is 13.1 Å². The lowest BCUT2D eigenvalue weighted by atomic mass is 10.2. The summed E-state index contributed by atoms with van der Waals surface area (Å²) in [6.45, 7) is 3.54. The maximum absolute atomic E-state index is 12.5. The molecule has 112 valence electrons. The summed E-state index contributed by atoms with van der Waals surface area (Å²) in [6, 6.07) is 2.45. The molecule has 1 saturated heterocycles. The highest BCUT2D eigenvalue weighted by atomic mass is 35.5. The smallest absolute Gasteiger partial charge is 0.336 e. The second kappa shape index (κ2) is 5.58. The molecule has 0 N–H and O–H groups in total. The zero-order valence-corrected chi connectivity index (χ0v) is 13.5. The molecular weight excluding hydrogens is 315 g/mol. The molecule has 1 aromatic carbocycles. The highest BCUT2D eigenvalue weighted by molar-refractivity contribution is 6.39. The van der Waals surface area contributed by atoms with Gasteiger partial charge in [-0.15, -0.1) is 0 Å². The predicted octanol–water partition coefficient (Wildman–Crippen LogP) is 3.69. The van der Waals surface area contributed by atoms with E-state index in [4.69, 9.17) is 27.9 Å². The molecule has 1 aliphatic rings. The van der Waals surface area contributed by atoms with Gasteiger partial charge in [-0.05, 0) is 25.5 Å². The maximum atomic E-state index is 12.5. The summed E-state index contributed by atoms with van der Waals surface area (Å²) in [6.07, 6.45) is 0. The van der Waals surface area contributed by atoms with Gasteiger partial charge in [-0.2, -0.15) is 0 Å². The maximum Gasteiger partial charge on any atom is 0.336 e. The molecule has 3 amide bonds. The number of allylic oxidation sites excluding steroid dienone is 1. The minimum absolute atomic E-state index is 0.200. The number of carbonyl (C=O) groups is 2. The standard InChI is InChI=1S/C14H14Cl2N2O3/c1-7(2)12-13(19)18(14(20)17(12)3)10-6-11(21-4)9(16)5-8(10)15/h5-6H,1-4H3. The Balaban J connectivity index is 2.60. The molecular formula is C14H14Cl2N2O3. The number of hydrogen-bond acceptors (Lipinski definition) is 3. The Morgan fingerprint density at radius 1 is 1.14 bits per heavy atom. The minimum atomic E-state index is -0.470. The Bertz CT molecular complexity index is 666. The van der Waals surface area contributed by atoms with Crippen LogP contribution in [-0.2, 0) is 4.79 Å². The van der Waals surface area contributed by atoms with E-state index in [1.165, 1.54) is 24.1 Å². The summed E-state index contributed by atoms with van der Waals surface area (Å²) in [4.78, 5) is 27.1. The van der Waals surface area contributed by atoms with Crippen LogP contribution in [0.3, 0.4) is 0 Å². The van der Waals surface area contributed by atoms with Gasteiger partial charge in [0.05, 0.1) is 22.8 Å². The van der Waals surface area contributed by atoms with Gasteiger partial charge in [0.25, 0.3) is 5.91 Å². The fourth-order valence-corrected chi connectivity index (χ4v) is 2.73. The summed E-state index contributed by atoms with van der Waals surface area (Å²) < 4.78 is 5.11. The van der Waals surface area contributed by atoms with Crippen molar-refractivity contribution in [3.8, 4) is 5.75 Å². The van der Waals surface area contributed by atoms with Crippen LogP contribution >= 0.6 is 23.2 Å². The molecule has 1 aromatic rings. The van der Waals surface area contributed by atoms with Crippen molar-refractivity contribution in [2.24, 2.45) is 0 Å². The van der Waals surface area contributed by atoms with Crippen molar-refractivity contribution in [2.45, 2.75) is 13.8 Å². The molecule has 0 atom stereocenters. The number of amides is 3. The van der Waals surface area contributed by atoms with E-state index in [9.17, 15) is 9.59 Å². The first-order valence-electron chi connectivity index (χ1n) is 6.12. The first kappa shape index (κ1) is 15.7. The number of likely N-dealkylation sites (N-methyl/N-ethyl adjacent to an activating group) is 1. The number of ether oxygens (including phenoxy) is 1. The molecule has 0 radical (unpaired) electrons. The van der Waals surface area contributed by atoms with Crippen LogP contribution in [0.15, 0.2) is 23.4 Å². The van der Waals surface area contributed by atoms with Crippen LogP contribution in [0, 0.1) is 0 Å². The summed E-state index contributed by atoms with van der Waals surface area (Å²) in [5, 5.41) is 0.507. The SMILES string of the molecule is COc1cc(N2C(=O)C(=C(C)C)N(C)C2=O)c(Cl)cc1Cl. The van der Waals surface area contributed by atoms with Gasteiger partial charge in [-0.3, -0.25) is 9.69 Å². The third-order valence-electron chi connectivity index (χ3n) is 3.16. The Labute approximate surface area is 132 Å². The average Bonchev–Trinajstić information content (AvgIpc) is 2.61. The number of nitrogens with zero attached hydrogens (tertiary/aromatic N) is 2. The molecule has 5 nitrogen and oxygen atoms in total. The van der Waals surface area contributed by atoms with E-state index in [1.807, 2.05) is 0 Å². The number of methoxy groups -OCH3 is 1. The quantitative estimate of drug-likeness (QED) is 0.614. The van der Waals surface area contributed by atoms with Crippen LogP contribution in [0.25, 0.3) is 0 Å². The van der Waals surface area contributed by atoms with Gasteiger partial charge in [-0.1, -0.05) is 23.2 Å². The van der Waals surface area contributed by atoms with E-state index in [-0.39, 0.29) is 10.7 Å². The van der Waals surface area contributed by atoms with Gasteiger partial charge < -0.3 is 4.74 Å². The molecule has 0 spiro atoms. The highest BCUT2D eigenvalue weighted by Crippen LogP contribution is 2.39. The van der Waals surface area contributed by atoms with Gasteiger partial charge in [0.1, 0.15) is 11.4 Å². The Kier molecular flexibility index (Phi) is 4.16. The molecule has 0 bridgehead atoms. The zero-order chi connectivity index (χ0) is 15.9. The molecule has 0 aliphatic carbocycles. The van der Waals surface area contributed by atoms with Crippen LogP contribution < -0.4 is 9.64 Å². The third kappa shape index (κ3) is 2.47. The van der Waals surface area contributed by atoms with Crippen molar-refractivity contribution >= 4 is 40.8 Å². The molecule has 7 heteroatoms. The van der Waals surface area contributed by atoms with Gasteiger partial charge >= 0.3 is 6.03 Å². The second-order valence-corrected chi connectivity index (χ2v) is 5.58. The number of rotatable bonds is 2. The lowest BCUT2D eigenvalue weighted by Crippen LogP contribution is -2.31. The first-order chi connectivity index (χ1) is 9.79. The number of halogens is 2. The topological polar surface area (TPSA) is 49.9 Å². The van der Waals surface area contributed by atoms with Crippen LogP contribution in [0.4, 0.5) is 10.5 Å². The molecule has 1 fully saturated rings. The van der Waals surface area contributed by atoms with Crippen molar-refractivity contribution in [3.63, 3.8) is 0 Å². The van der Waals surface area contributed by atoms with Crippen molar-refractivity contribution in [1.29, 1.82) is 0 Å². The minimum Gasteiger partial charge on any atom is -0.495 e. The van der Waals surface area contributed by atoms with Gasteiger partial charge in [0.2, 0.25) is 0 Å². The van der Waals surface area contributed by atoms with E-state index >= 15 is 0 Å². The summed E-state index contributed by atoms with van der Waals surface area (Å²) in [7, 11) is 2.99. The predicted molar refractivity (Wildman–Crippen MR) is 82.0 cm³/mol. The number of anilines is 1. The lowest BCUT2D eigenvalue weighted by molar-refractivity contribution is -0.114. The lowest BCUT2D eigenvalue weighted by Gasteiger charge is -2.16. The van der Waals surface area contributed by atoms with Crippen LogP contribution in [-0.4, -0.2) is 31.0 Å². The summed E-state index contributed by atoms with van der Waals surface area (Å²) in [5.74, 6) is -0.0845. The van der Waals surface area contributed by atoms with E-state index in [0.29, 0.717) is 16.5 Å². The monoisotopic (exact) mass is 328 g/mol. The Morgan fingerprint density at radius 3 is 2.24 bits per heavy atom. The van der Waals surface area contributed by atoms with Crippen LogP contribution in [0.5, 0.6) is 5.75 Å². The number of imide groups is 1. The fraction of sp³-hybridized carbons (Fsp3) is 0.286. The van der Waals surface area contributed by atoms with Gasteiger partial charge in [-0.25, -0.2) is 9.69 Å². The molecule has 1 aliphatic heterocycles. The Morgan fingerprint density at radius 2 is 1.76 bits per heavy atom. The van der Waals surface area contributed by atoms with Crippen molar-refractivity contribution in [2.75, 3.05) is 19.1 Å². The van der Waals surface area contributed by atoms with E-state index in [0.717, 1.165) is 10.5 Å². The van der Waals surface area contributed by atoms with Crippen LogP contribution in [0.1, 0.15) is 13.8 Å². The highest BCUT2D eigenvalue weighted by Gasteiger charge is 2.41. The first-order valence-corrected chi connectivity index (χ1v) is 6.87. The number of hydrogen-bond donors (Lipinski definition) is 0. The number of urea groups is 1. The van der Waals surface area contributed by atoms with Crippen LogP contribution in [0.2, 0.25) is 10.0 Å².